The van der Waals surface area contributed by atoms with Crippen LogP contribution in [0.1, 0.15) is 27.7 Å². The quantitative estimate of drug-likeness (QED) is 0.476. The molecule has 0 aromatic carbocycles. The molecule has 0 saturated heterocycles. The summed E-state index contributed by atoms with van der Waals surface area (Å²) in [6, 6.07) is 0. The molecule has 52 valence electrons. The summed E-state index contributed by atoms with van der Waals surface area (Å²) in [5.74, 6) is 0. The van der Waals surface area contributed by atoms with Gasteiger partial charge in [-0.1, -0.05) is 49.3 Å². The molecule has 0 N–H and O–H groups in total. The Morgan fingerprint density at radius 1 is 0.778 bits per heavy atom. The average Bonchev–Trinajstić information content (AvgIpc) is 1.61. The molecule has 0 amide bonds. The van der Waals surface area contributed by atoms with E-state index in [1.807, 2.05) is 21.6 Å². The third kappa shape index (κ3) is 12.8. The van der Waals surface area contributed by atoms with Gasteiger partial charge >= 0.3 is 29.6 Å². The monoisotopic (exact) mass is 174 g/mol. The Morgan fingerprint density at radius 3 is 1.11 bits per heavy atom. The van der Waals surface area contributed by atoms with Gasteiger partial charge in [-0.3, -0.25) is 0 Å². The first-order valence-corrected chi connectivity index (χ1v) is 5.22. The average molecular weight is 174 g/mol. The van der Waals surface area contributed by atoms with Crippen LogP contribution >= 0.6 is 21.6 Å². The van der Waals surface area contributed by atoms with Gasteiger partial charge < -0.3 is 0 Å². The van der Waals surface area contributed by atoms with E-state index in [4.69, 9.17) is 0 Å². The van der Waals surface area contributed by atoms with Crippen molar-refractivity contribution in [3.8, 4) is 0 Å². The van der Waals surface area contributed by atoms with Crippen molar-refractivity contribution in [2.75, 3.05) is 0 Å². The molecule has 0 aromatic heterocycles. The fraction of sp³-hybridized carbons (Fsp3) is 1.00. The third-order valence-electron chi connectivity index (χ3n) is 0.440. The molecule has 0 aromatic rings. The maximum absolute atomic E-state index is 2.22. The van der Waals surface area contributed by atoms with E-state index in [1.54, 1.807) is 0 Å². The molecule has 0 unspecified atom stereocenters. The van der Waals surface area contributed by atoms with Gasteiger partial charge in [0, 0.05) is 10.5 Å². The van der Waals surface area contributed by atoms with Gasteiger partial charge in [-0.25, -0.2) is 0 Å². The Labute approximate surface area is 88.6 Å². The summed E-state index contributed by atoms with van der Waals surface area (Å²) in [5, 5.41) is 1.53. The zero-order chi connectivity index (χ0) is 6.57. The molecule has 0 heterocycles. The van der Waals surface area contributed by atoms with Gasteiger partial charge in [-0.2, -0.15) is 0 Å². The van der Waals surface area contributed by atoms with Crippen molar-refractivity contribution in [1.29, 1.82) is 0 Å². The number of rotatable bonds is 3. The van der Waals surface area contributed by atoms with Gasteiger partial charge in [0.1, 0.15) is 0 Å². The Balaban J connectivity index is 0. The molecule has 0 saturated carbocycles. The number of hydrogen-bond acceptors (Lipinski definition) is 2. The van der Waals surface area contributed by atoms with Gasteiger partial charge in [-0.05, 0) is 0 Å². The van der Waals surface area contributed by atoms with E-state index in [9.17, 15) is 0 Å². The molecule has 0 bridgehead atoms. The topological polar surface area (TPSA) is 0 Å². The molecular formula is C6H15NaS2. The molecule has 9 heavy (non-hydrogen) atoms. The first-order chi connectivity index (χ1) is 3.63. The van der Waals surface area contributed by atoms with Crippen molar-refractivity contribution in [3.05, 3.63) is 0 Å². The van der Waals surface area contributed by atoms with Crippen LogP contribution in [0.4, 0.5) is 0 Å². The van der Waals surface area contributed by atoms with Gasteiger partial charge in [-0.15, -0.1) is 0 Å². The Kier molecular flexibility index (Phi) is 11.5. The molecule has 0 atom stereocenters. The van der Waals surface area contributed by atoms with Gasteiger partial charge in [0.2, 0.25) is 0 Å². The van der Waals surface area contributed by atoms with Crippen LogP contribution in [0.15, 0.2) is 0 Å². The maximum atomic E-state index is 2.22. The minimum absolute atomic E-state index is 0. The second-order valence-corrected chi connectivity index (χ2v) is 5.72. The second-order valence-electron chi connectivity index (χ2n) is 2.29. The van der Waals surface area contributed by atoms with E-state index in [2.05, 4.69) is 27.7 Å². The van der Waals surface area contributed by atoms with Crippen LogP contribution in [-0.2, 0) is 0 Å². The zero-order valence-electron chi connectivity index (χ0n) is 5.97. The zero-order valence-corrected chi connectivity index (χ0v) is 7.60. The van der Waals surface area contributed by atoms with E-state index in [0.717, 1.165) is 10.5 Å². The normalized spacial score (nSPS) is 10.0. The number of hydrogen-bond donors (Lipinski definition) is 0. The Morgan fingerprint density at radius 2 is 1.00 bits per heavy atom. The van der Waals surface area contributed by atoms with Crippen LogP contribution in [0.2, 0.25) is 0 Å². The van der Waals surface area contributed by atoms with Crippen LogP contribution in [0.5, 0.6) is 0 Å². The third-order valence-corrected chi connectivity index (χ3v) is 3.96. The fourth-order valence-corrected chi connectivity index (χ4v) is 2.00. The molecule has 0 aliphatic rings. The summed E-state index contributed by atoms with van der Waals surface area (Å²) in [6.45, 7) is 8.89. The van der Waals surface area contributed by atoms with Gasteiger partial charge in [0.25, 0.3) is 0 Å². The summed E-state index contributed by atoms with van der Waals surface area (Å²) >= 11 is 0. The molecule has 0 rings (SSSR count). The van der Waals surface area contributed by atoms with Crippen molar-refractivity contribution in [2.24, 2.45) is 0 Å². The molecule has 0 radical (unpaired) electrons. The molecule has 0 aliphatic heterocycles. The van der Waals surface area contributed by atoms with Crippen LogP contribution in [0.25, 0.3) is 0 Å². The van der Waals surface area contributed by atoms with Crippen LogP contribution < -0.4 is 0 Å². The Bertz CT molecular complexity index is 47.0. The van der Waals surface area contributed by atoms with Crippen LogP contribution in [0, 0.1) is 0 Å². The van der Waals surface area contributed by atoms with Crippen molar-refractivity contribution in [1.82, 2.24) is 0 Å². The summed E-state index contributed by atoms with van der Waals surface area (Å²) < 4.78 is 0. The van der Waals surface area contributed by atoms with Crippen LogP contribution in [0.3, 0.4) is 0 Å². The summed E-state index contributed by atoms with van der Waals surface area (Å²) in [6.07, 6.45) is 0. The van der Waals surface area contributed by atoms with Crippen molar-refractivity contribution >= 4 is 51.1 Å². The second kappa shape index (κ2) is 7.80. The molecular weight excluding hydrogens is 159 g/mol. The van der Waals surface area contributed by atoms with Gasteiger partial charge in [0.05, 0.1) is 0 Å². The predicted molar refractivity (Wildman–Crippen MR) is 52.6 cm³/mol. The summed E-state index contributed by atoms with van der Waals surface area (Å²) in [5.41, 5.74) is 0. The first-order valence-electron chi connectivity index (χ1n) is 2.95. The van der Waals surface area contributed by atoms with Crippen molar-refractivity contribution in [3.63, 3.8) is 0 Å². The molecule has 3 heteroatoms. The summed E-state index contributed by atoms with van der Waals surface area (Å²) in [4.78, 5) is 0. The predicted octanol–water partition coefficient (Wildman–Crippen LogP) is 2.54. The molecule has 0 fully saturated rings. The van der Waals surface area contributed by atoms with E-state index < -0.39 is 0 Å². The van der Waals surface area contributed by atoms with Gasteiger partial charge in [0.15, 0.2) is 0 Å². The first kappa shape index (κ1) is 13.3. The molecule has 0 nitrogen and oxygen atoms in total. The van der Waals surface area contributed by atoms with Crippen molar-refractivity contribution < 1.29 is 0 Å². The molecule has 0 spiro atoms. The van der Waals surface area contributed by atoms with E-state index in [1.165, 1.54) is 0 Å². The van der Waals surface area contributed by atoms with E-state index in [-0.39, 0.29) is 29.6 Å². The SMILES string of the molecule is CC(C)SSC(C)C.[NaH]. The van der Waals surface area contributed by atoms with E-state index >= 15 is 0 Å². The summed E-state index contributed by atoms with van der Waals surface area (Å²) in [7, 11) is 3.91. The fourth-order valence-electron chi connectivity index (χ4n) is 0.222. The van der Waals surface area contributed by atoms with E-state index in [0.29, 0.717) is 0 Å². The van der Waals surface area contributed by atoms with Crippen molar-refractivity contribution in [2.45, 2.75) is 38.2 Å². The van der Waals surface area contributed by atoms with Crippen LogP contribution in [-0.4, -0.2) is 40.1 Å². The Hall–Kier alpha value is 1.70. The minimum atomic E-state index is 0. The standard InChI is InChI=1S/C6H14S2.Na.H/c1-5(2)7-8-6(3)4;;/h5-6H,1-4H3;;. The molecule has 0 aliphatic carbocycles.